The van der Waals surface area contributed by atoms with Crippen molar-refractivity contribution in [2.45, 2.75) is 44.8 Å². The molecule has 90 valence electrons. The van der Waals surface area contributed by atoms with Crippen molar-refractivity contribution in [3.63, 3.8) is 0 Å². The molecule has 0 amide bonds. The first-order valence-corrected chi connectivity index (χ1v) is 6.23. The highest BCUT2D eigenvalue weighted by molar-refractivity contribution is 4.86. The van der Waals surface area contributed by atoms with E-state index in [1.54, 1.807) is 0 Å². The van der Waals surface area contributed by atoms with E-state index in [0.717, 1.165) is 13.1 Å². The Morgan fingerprint density at radius 3 is 3.12 bits per heavy atom. The summed E-state index contributed by atoms with van der Waals surface area (Å²) >= 11 is 0. The molecule has 4 heteroatoms. The predicted octanol–water partition coefficient (Wildman–Crippen LogP) is 0.989. The van der Waals surface area contributed by atoms with Gasteiger partial charge in [0.05, 0.1) is 6.54 Å². The zero-order chi connectivity index (χ0) is 11.4. The maximum absolute atomic E-state index is 5.78. The molecule has 3 unspecified atom stereocenters. The van der Waals surface area contributed by atoms with Crippen molar-refractivity contribution in [3.8, 4) is 0 Å². The van der Waals surface area contributed by atoms with Crippen LogP contribution in [0.2, 0.25) is 0 Å². The fraction of sp³-hybridized carbons (Fsp3) is 0.750. The van der Waals surface area contributed by atoms with Gasteiger partial charge in [0.15, 0.2) is 0 Å². The highest BCUT2D eigenvalue weighted by Gasteiger charge is 2.26. The summed E-state index contributed by atoms with van der Waals surface area (Å²) in [7, 11) is 0. The Labute approximate surface area is 97.2 Å². The monoisotopic (exact) mass is 222 g/mol. The van der Waals surface area contributed by atoms with Crippen molar-refractivity contribution in [2.75, 3.05) is 6.54 Å². The molecule has 1 saturated carbocycles. The molecule has 16 heavy (non-hydrogen) atoms. The van der Waals surface area contributed by atoms with E-state index in [2.05, 4.69) is 17.3 Å². The molecule has 1 aliphatic carbocycles. The second-order valence-corrected chi connectivity index (χ2v) is 4.83. The van der Waals surface area contributed by atoms with Crippen molar-refractivity contribution in [2.24, 2.45) is 11.7 Å². The zero-order valence-corrected chi connectivity index (χ0v) is 9.97. The van der Waals surface area contributed by atoms with E-state index in [9.17, 15) is 0 Å². The van der Waals surface area contributed by atoms with Gasteiger partial charge in [-0.2, -0.15) is 5.10 Å². The third kappa shape index (κ3) is 2.83. The van der Waals surface area contributed by atoms with Crippen LogP contribution >= 0.6 is 0 Å². The first-order valence-electron chi connectivity index (χ1n) is 6.23. The van der Waals surface area contributed by atoms with E-state index < -0.39 is 0 Å². The molecular formula is C12H22N4. The second kappa shape index (κ2) is 5.46. The highest BCUT2D eigenvalue weighted by Crippen LogP contribution is 2.24. The molecule has 1 aliphatic rings. The van der Waals surface area contributed by atoms with Crippen molar-refractivity contribution in [1.29, 1.82) is 0 Å². The minimum Gasteiger partial charge on any atom is -0.330 e. The van der Waals surface area contributed by atoms with Crippen LogP contribution in [-0.2, 0) is 6.54 Å². The van der Waals surface area contributed by atoms with Crippen LogP contribution in [0.5, 0.6) is 0 Å². The molecule has 1 heterocycles. The molecule has 0 bridgehead atoms. The summed E-state index contributed by atoms with van der Waals surface area (Å²) < 4.78 is 1.98. The topological polar surface area (TPSA) is 55.9 Å². The van der Waals surface area contributed by atoms with E-state index >= 15 is 0 Å². The molecule has 4 nitrogen and oxygen atoms in total. The molecule has 0 aromatic carbocycles. The molecule has 2 rings (SSSR count). The average molecular weight is 222 g/mol. The lowest BCUT2D eigenvalue weighted by atomic mass is 10.0. The summed E-state index contributed by atoms with van der Waals surface area (Å²) in [6.45, 7) is 3.96. The lowest BCUT2D eigenvalue weighted by Crippen LogP contribution is -2.42. The summed E-state index contributed by atoms with van der Waals surface area (Å²) in [4.78, 5) is 0. The number of nitrogens with one attached hydrogen (secondary N) is 1. The van der Waals surface area contributed by atoms with Crippen molar-refractivity contribution < 1.29 is 0 Å². The lowest BCUT2D eigenvalue weighted by molar-refractivity contribution is 0.342. The van der Waals surface area contributed by atoms with Crippen molar-refractivity contribution in [1.82, 2.24) is 15.1 Å². The van der Waals surface area contributed by atoms with Gasteiger partial charge in [-0.15, -0.1) is 0 Å². The van der Waals surface area contributed by atoms with Crippen LogP contribution in [0.4, 0.5) is 0 Å². The first kappa shape index (κ1) is 11.6. The fourth-order valence-electron chi connectivity index (χ4n) is 2.65. The average Bonchev–Trinajstić information content (AvgIpc) is 2.88. The van der Waals surface area contributed by atoms with Gasteiger partial charge < -0.3 is 11.1 Å². The summed E-state index contributed by atoms with van der Waals surface area (Å²) in [5.41, 5.74) is 5.78. The number of hydrogen-bond acceptors (Lipinski definition) is 3. The van der Waals surface area contributed by atoms with Gasteiger partial charge in [-0.25, -0.2) is 0 Å². The molecule has 0 radical (unpaired) electrons. The Hall–Kier alpha value is -0.870. The van der Waals surface area contributed by atoms with E-state index in [1.165, 1.54) is 19.3 Å². The quantitative estimate of drug-likeness (QED) is 0.781. The Kier molecular flexibility index (Phi) is 3.96. The molecule has 1 aromatic heterocycles. The highest BCUT2D eigenvalue weighted by atomic mass is 15.3. The summed E-state index contributed by atoms with van der Waals surface area (Å²) in [6, 6.07) is 3.03. The van der Waals surface area contributed by atoms with Gasteiger partial charge in [-0.1, -0.05) is 6.42 Å². The lowest BCUT2D eigenvalue weighted by Gasteiger charge is -2.24. The number of hydrogen-bond donors (Lipinski definition) is 2. The number of rotatable bonds is 5. The molecule has 3 N–H and O–H groups in total. The van der Waals surface area contributed by atoms with Crippen LogP contribution in [0.25, 0.3) is 0 Å². The van der Waals surface area contributed by atoms with Gasteiger partial charge in [-0.3, -0.25) is 4.68 Å². The normalized spacial score (nSPS) is 27.1. The molecular weight excluding hydrogens is 200 g/mol. The van der Waals surface area contributed by atoms with Crippen LogP contribution < -0.4 is 11.1 Å². The van der Waals surface area contributed by atoms with Crippen molar-refractivity contribution >= 4 is 0 Å². The first-order chi connectivity index (χ1) is 7.79. The summed E-state index contributed by atoms with van der Waals surface area (Å²) in [6.07, 6.45) is 7.69. The third-order valence-corrected chi connectivity index (χ3v) is 3.48. The molecule has 1 fully saturated rings. The summed E-state index contributed by atoms with van der Waals surface area (Å²) in [5, 5.41) is 7.90. The molecule has 0 spiro atoms. The number of nitrogens with zero attached hydrogens (tertiary/aromatic N) is 2. The van der Waals surface area contributed by atoms with Crippen molar-refractivity contribution in [3.05, 3.63) is 18.5 Å². The number of nitrogens with two attached hydrogens (primary N) is 1. The minimum atomic E-state index is 0.456. The van der Waals surface area contributed by atoms with Gasteiger partial charge in [0.25, 0.3) is 0 Å². The largest absolute Gasteiger partial charge is 0.330 e. The van der Waals surface area contributed by atoms with Crippen LogP contribution in [0.15, 0.2) is 18.5 Å². The molecule has 3 atom stereocenters. The van der Waals surface area contributed by atoms with Gasteiger partial charge in [0.1, 0.15) is 0 Å². The van der Waals surface area contributed by atoms with Gasteiger partial charge in [-0.05, 0) is 38.3 Å². The molecule has 1 aromatic rings. The van der Waals surface area contributed by atoms with Crippen LogP contribution in [-0.4, -0.2) is 28.4 Å². The maximum Gasteiger partial charge on any atom is 0.0560 e. The van der Waals surface area contributed by atoms with Crippen LogP contribution in [0.3, 0.4) is 0 Å². The third-order valence-electron chi connectivity index (χ3n) is 3.48. The molecule has 0 saturated heterocycles. The van der Waals surface area contributed by atoms with E-state index in [0.29, 0.717) is 18.0 Å². The van der Waals surface area contributed by atoms with E-state index in [1.807, 2.05) is 23.1 Å². The van der Waals surface area contributed by atoms with Gasteiger partial charge >= 0.3 is 0 Å². The Morgan fingerprint density at radius 1 is 1.56 bits per heavy atom. The van der Waals surface area contributed by atoms with E-state index in [-0.39, 0.29) is 0 Å². The van der Waals surface area contributed by atoms with Crippen LogP contribution in [0, 0.1) is 5.92 Å². The number of aromatic nitrogens is 2. The minimum absolute atomic E-state index is 0.456. The zero-order valence-electron chi connectivity index (χ0n) is 9.97. The maximum atomic E-state index is 5.78. The van der Waals surface area contributed by atoms with Gasteiger partial charge in [0, 0.05) is 24.5 Å². The standard InChI is InChI=1S/C12H22N4/c1-10(9-16-7-3-6-14-16)15-12-5-2-4-11(12)8-13/h3,6-7,10-12,15H,2,4-5,8-9,13H2,1H3. The Bertz CT molecular complexity index is 296. The smallest absolute Gasteiger partial charge is 0.0560 e. The predicted molar refractivity (Wildman–Crippen MR) is 65.0 cm³/mol. The molecule has 0 aliphatic heterocycles. The summed E-state index contributed by atoms with van der Waals surface area (Å²) in [5.74, 6) is 0.667. The van der Waals surface area contributed by atoms with Crippen LogP contribution in [0.1, 0.15) is 26.2 Å². The Morgan fingerprint density at radius 2 is 2.44 bits per heavy atom. The fourth-order valence-corrected chi connectivity index (χ4v) is 2.65. The Balaban J connectivity index is 1.80. The second-order valence-electron chi connectivity index (χ2n) is 4.83. The van der Waals surface area contributed by atoms with Gasteiger partial charge in [0.2, 0.25) is 0 Å². The SMILES string of the molecule is CC(Cn1cccn1)NC1CCCC1CN. The van der Waals surface area contributed by atoms with E-state index in [4.69, 9.17) is 5.73 Å².